The van der Waals surface area contributed by atoms with Gasteiger partial charge >= 0.3 is 0 Å². The van der Waals surface area contributed by atoms with Gasteiger partial charge in [-0.05, 0) is 49.2 Å². The number of anilines is 1. The zero-order valence-corrected chi connectivity index (χ0v) is 16.4. The Labute approximate surface area is 170 Å². The number of piperidine rings is 1. The second-order valence-electron chi connectivity index (χ2n) is 7.51. The van der Waals surface area contributed by atoms with Crippen LogP contribution in [0.1, 0.15) is 23.2 Å². The fraction of sp³-hybridized carbons (Fsp3) is 0.429. The van der Waals surface area contributed by atoms with E-state index in [1.165, 1.54) is 0 Å². The molecule has 2 fully saturated rings. The molecule has 1 aromatic heterocycles. The van der Waals surface area contributed by atoms with Crippen molar-refractivity contribution in [2.24, 2.45) is 0 Å². The van der Waals surface area contributed by atoms with E-state index in [1.54, 1.807) is 30.5 Å². The molecule has 2 N–H and O–H groups in total. The number of nitrogens with zero attached hydrogens (tertiary/aromatic N) is 3. The molecule has 148 valence electrons. The van der Waals surface area contributed by atoms with Crippen LogP contribution in [0, 0.1) is 0 Å². The van der Waals surface area contributed by atoms with Crippen molar-refractivity contribution in [2.75, 3.05) is 31.1 Å². The molecule has 0 unspecified atom stereocenters. The third-order valence-corrected chi connectivity index (χ3v) is 5.84. The van der Waals surface area contributed by atoms with Crippen LogP contribution >= 0.6 is 11.6 Å². The number of halogens is 1. The van der Waals surface area contributed by atoms with Crippen molar-refractivity contribution >= 4 is 23.3 Å². The van der Waals surface area contributed by atoms with Gasteiger partial charge in [-0.15, -0.1) is 0 Å². The number of likely N-dealkylation sites (tertiary alicyclic amines) is 1. The van der Waals surface area contributed by atoms with Gasteiger partial charge < -0.3 is 20.2 Å². The molecule has 0 aliphatic carbocycles. The average Bonchev–Trinajstić information content (AvgIpc) is 3.10. The number of benzene rings is 1. The van der Waals surface area contributed by atoms with Gasteiger partial charge in [-0.2, -0.15) is 0 Å². The summed E-state index contributed by atoms with van der Waals surface area (Å²) in [5, 5.41) is 14.7. The maximum atomic E-state index is 12.6. The van der Waals surface area contributed by atoms with Gasteiger partial charge in [0.15, 0.2) is 0 Å². The summed E-state index contributed by atoms with van der Waals surface area (Å²) in [6, 6.07) is 13.2. The molecule has 1 amide bonds. The molecule has 2 saturated heterocycles. The van der Waals surface area contributed by atoms with Crippen molar-refractivity contribution in [2.45, 2.75) is 31.0 Å². The number of nitrogens with one attached hydrogen (secondary N) is 1. The first-order valence-electron chi connectivity index (χ1n) is 9.75. The van der Waals surface area contributed by atoms with Crippen LogP contribution in [-0.2, 0) is 0 Å². The monoisotopic (exact) mass is 400 g/mol. The number of carbonyl (C=O) groups is 1. The summed E-state index contributed by atoms with van der Waals surface area (Å²) in [6.07, 6.45) is 3.12. The van der Waals surface area contributed by atoms with Crippen molar-refractivity contribution in [3.63, 3.8) is 0 Å². The number of pyridine rings is 1. The van der Waals surface area contributed by atoms with E-state index in [1.807, 2.05) is 23.1 Å². The molecule has 4 rings (SSSR count). The highest BCUT2D eigenvalue weighted by atomic mass is 35.5. The minimum atomic E-state index is -0.421. The Morgan fingerprint density at radius 2 is 1.86 bits per heavy atom. The van der Waals surface area contributed by atoms with E-state index in [2.05, 4.69) is 15.2 Å². The smallest absolute Gasteiger partial charge is 0.253 e. The van der Waals surface area contributed by atoms with Gasteiger partial charge in [0.2, 0.25) is 0 Å². The van der Waals surface area contributed by atoms with Crippen LogP contribution < -0.4 is 10.2 Å². The molecule has 0 radical (unpaired) electrons. The van der Waals surface area contributed by atoms with E-state index in [4.69, 9.17) is 11.6 Å². The normalized spacial score (nSPS) is 23.2. The Hall–Kier alpha value is -2.15. The van der Waals surface area contributed by atoms with Crippen LogP contribution in [0.4, 0.5) is 5.82 Å². The fourth-order valence-corrected chi connectivity index (χ4v) is 4.13. The molecule has 2 atom stereocenters. The summed E-state index contributed by atoms with van der Waals surface area (Å²) < 4.78 is 0. The molecule has 2 aliphatic heterocycles. The lowest BCUT2D eigenvalue weighted by molar-refractivity contribution is 0.0691. The molecule has 1 aromatic carbocycles. The minimum Gasteiger partial charge on any atom is -0.390 e. The van der Waals surface area contributed by atoms with E-state index >= 15 is 0 Å². The second kappa shape index (κ2) is 8.47. The van der Waals surface area contributed by atoms with Crippen LogP contribution in [0.3, 0.4) is 0 Å². The number of carbonyl (C=O) groups excluding carboxylic acids is 1. The third-order valence-electron chi connectivity index (χ3n) is 5.59. The number of hydrogen-bond donors (Lipinski definition) is 2. The highest BCUT2D eigenvalue weighted by Gasteiger charge is 2.34. The number of aliphatic hydroxyl groups is 1. The zero-order valence-electron chi connectivity index (χ0n) is 15.7. The quantitative estimate of drug-likeness (QED) is 0.823. The van der Waals surface area contributed by atoms with E-state index in [0.29, 0.717) is 36.3 Å². The second-order valence-corrected chi connectivity index (χ2v) is 7.94. The lowest BCUT2D eigenvalue weighted by Crippen LogP contribution is -2.50. The maximum Gasteiger partial charge on any atom is 0.253 e. The summed E-state index contributed by atoms with van der Waals surface area (Å²) in [7, 11) is 0. The number of hydrogen-bond acceptors (Lipinski definition) is 5. The van der Waals surface area contributed by atoms with Crippen molar-refractivity contribution in [1.29, 1.82) is 0 Å². The number of rotatable bonds is 4. The summed E-state index contributed by atoms with van der Waals surface area (Å²) in [5.41, 5.74) is 0.674. The van der Waals surface area contributed by atoms with Crippen LogP contribution in [0.2, 0.25) is 5.02 Å². The van der Waals surface area contributed by atoms with E-state index in [0.717, 1.165) is 25.2 Å². The molecular weight excluding hydrogens is 376 g/mol. The lowest BCUT2D eigenvalue weighted by Gasteiger charge is -2.34. The SMILES string of the molecule is O=C(c1ccc(Cl)cc1)N1CCC(N[C@@H]2CN(c3ccccn3)C[C@H]2O)CC1. The Morgan fingerprint density at radius 1 is 1.11 bits per heavy atom. The molecule has 28 heavy (non-hydrogen) atoms. The summed E-state index contributed by atoms with van der Waals surface area (Å²) in [4.78, 5) is 21.0. The van der Waals surface area contributed by atoms with E-state index in [-0.39, 0.29) is 11.9 Å². The largest absolute Gasteiger partial charge is 0.390 e. The Kier molecular flexibility index (Phi) is 5.80. The Morgan fingerprint density at radius 3 is 2.54 bits per heavy atom. The van der Waals surface area contributed by atoms with Crippen LogP contribution in [0.15, 0.2) is 48.7 Å². The average molecular weight is 401 g/mol. The van der Waals surface area contributed by atoms with Crippen molar-refractivity contribution in [1.82, 2.24) is 15.2 Å². The highest BCUT2D eigenvalue weighted by molar-refractivity contribution is 6.30. The molecule has 0 spiro atoms. The van der Waals surface area contributed by atoms with E-state index in [9.17, 15) is 9.90 Å². The Balaban J connectivity index is 1.28. The molecule has 2 aliphatic rings. The lowest BCUT2D eigenvalue weighted by atomic mass is 10.0. The number of amides is 1. The van der Waals surface area contributed by atoms with E-state index < -0.39 is 6.10 Å². The molecule has 3 heterocycles. The van der Waals surface area contributed by atoms with Gasteiger partial charge in [0.1, 0.15) is 5.82 Å². The molecule has 2 aromatic rings. The first-order valence-corrected chi connectivity index (χ1v) is 10.1. The van der Waals surface area contributed by atoms with Gasteiger partial charge in [-0.3, -0.25) is 4.79 Å². The van der Waals surface area contributed by atoms with Gasteiger partial charge in [0.25, 0.3) is 5.91 Å². The number of aromatic nitrogens is 1. The summed E-state index contributed by atoms with van der Waals surface area (Å²) in [6.45, 7) is 2.75. The minimum absolute atomic E-state index is 0.0190. The molecular formula is C21H25ClN4O2. The maximum absolute atomic E-state index is 12.6. The van der Waals surface area contributed by atoms with Gasteiger partial charge in [-0.25, -0.2) is 4.98 Å². The van der Waals surface area contributed by atoms with Gasteiger partial charge in [-0.1, -0.05) is 17.7 Å². The first kappa shape index (κ1) is 19.2. The molecule has 7 heteroatoms. The first-order chi connectivity index (χ1) is 13.6. The molecule has 0 saturated carbocycles. The number of aliphatic hydroxyl groups excluding tert-OH is 1. The standard InChI is InChI=1S/C21H25ClN4O2/c22-16-6-4-15(5-7-16)21(28)25-11-8-17(9-12-25)24-18-13-26(14-19(18)27)20-3-1-2-10-23-20/h1-7,10,17-19,24,27H,8-9,11-14H2/t18-,19-/m1/s1. The summed E-state index contributed by atoms with van der Waals surface area (Å²) in [5.74, 6) is 0.951. The highest BCUT2D eigenvalue weighted by Crippen LogP contribution is 2.21. The topological polar surface area (TPSA) is 68.7 Å². The van der Waals surface area contributed by atoms with Crippen LogP contribution in [0.25, 0.3) is 0 Å². The number of β-amino-alcohol motifs (C(OH)–C–C–N with tert-alkyl or cyclic N) is 1. The zero-order chi connectivity index (χ0) is 19.5. The predicted molar refractivity (Wildman–Crippen MR) is 110 cm³/mol. The molecule has 6 nitrogen and oxygen atoms in total. The van der Waals surface area contributed by atoms with Crippen LogP contribution in [0.5, 0.6) is 0 Å². The van der Waals surface area contributed by atoms with Crippen molar-refractivity contribution < 1.29 is 9.90 Å². The molecule has 0 bridgehead atoms. The van der Waals surface area contributed by atoms with Crippen LogP contribution in [-0.4, -0.2) is 65.3 Å². The summed E-state index contributed by atoms with van der Waals surface area (Å²) >= 11 is 5.90. The predicted octanol–water partition coefficient (Wildman–Crippen LogP) is 2.18. The Bertz CT molecular complexity index is 794. The van der Waals surface area contributed by atoms with Crippen molar-refractivity contribution in [3.8, 4) is 0 Å². The van der Waals surface area contributed by atoms with Gasteiger partial charge in [0, 0.05) is 49.0 Å². The third kappa shape index (κ3) is 4.29. The van der Waals surface area contributed by atoms with Gasteiger partial charge in [0.05, 0.1) is 12.1 Å². The fourth-order valence-electron chi connectivity index (χ4n) is 4.01. The van der Waals surface area contributed by atoms with Crippen molar-refractivity contribution in [3.05, 3.63) is 59.2 Å².